The predicted octanol–water partition coefficient (Wildman–Crippen LogP) is 6.61. The molecule has 1 saturated heterocycles. The molecule has 0 aromatic carbocycles. The van der Waals surface area contributed by atoms with Crippen LogP contribution in [0, 0.1) is 56.7 Å². The monoisotopic (exact) mass is 756 g/mol. The van der Waals surface area contributed by atoms with E-state index in [1.807, 2.05) is 0 Å². The van der Waals surface area contributed by atoms with Crippen molar-refractivity contribution < 1.29 is 53.1 Å². The normalized spacial score (nSPS) is 45.7. The number of aliphatic carboxylic acids is 1. The molecule has 0 aromatic heterocycles. The molecule has 0 bridgehead atoms. The number of Topliss-reactive ketones (excluding diaryl/α,β-unsaturated/α-hetero) is 1. The number of aliphatic hydroxyl groups excluding tert-OH is 1. The quantitative estimate of drug-likeness (QED) is 0.156. The highest BCUT2D eigenvalue weighted by molar-refractivity contribution is 5.85. The maximum Gasteiger partial charge on any atom is 0.336 e. The summed E-state index contributed by atoms with van der Waals surface area (Å²) in [6.45, 7) is 21.9. The Morgan fingerprint density at radius 3 is 1.98 bits per heavy atom. The number of hydrogen-bond acceptors (Lipinski definition) is 10. The lowest BCUT2D eigenvalue weighted by atomic mass is 9.32. The molecule has 302 valence electrons. The van der Waals surface area contributed by atoms with Gasteiger partial charge in [-0.05, 0) is 122 Å². The Balaban J connectivity index is 1.35. The largest absolute Gasteiger partial charge is 0.479 e. The first-order chi connectivity index (χ1) is 25.0. The van der Waals surface area contributed by atoms with E-state index in [4.69, 9.17) is 18.9 Å². The maximum absolute atomic E-state index is 13.2. The Labute approximate surface area is 320 Å². The minimum Gasteiger partial charge on any atom is -0.479 e. The van der Waals surface area contributed by atoms with E-state index in [2.05, 4.69) is 48.1 Å². The topological polar surface area (TPSA) is 163 Å². The van der Waals surface area contributed by atoms with Crippen LogP contribution in [0.3, 0.4) is 0 Å². The van der Waals surface area contributed by atoms with Crippen molar-refractivity contribution in [2.45, 2.75) is 170 Å². The number of allylic oxidation sites excluding steroid dienone is 1. The SMILES string of the molecule is C=C(C)[C@@H]1CC[C@]2(C[C@@H](O)[C@@H]3OC(C(=O)O)[C@@H](OC(C)=O)C(OC(C)=O)C3OC(C)=O)CC[C@]3(C)C(CCC4[C@@]5(C)CCC(=O)C(C)(C)C5CC[C@]43C)C12. The van der Waals surface area contributed by atoms with Gasteiger partial charge in [0.15, 0.2) is 24.4 Å². The summed E-state index contributed by atoms with van der Waals surface area (Å²) in [5.74, 6) is -1.78. The fraction of sp³-hybridized carbons (Fsp3) is 0.837. The van der Waals surface area contributed by atoms with Crippen molar-refractivity contribution >= 4 is 29.7 Å². The Morgan fingerprint density at radius 2 is 1.39 bits per heavy atom. The van der Waals surface area contributed by atoms with Gasteiger partial charge < -0.3 is 29.2 Å². The predicted molar refractivity (Wildman–Crippen MR) is 198 cm³/mol. The van der Waals surface area contributed by atoms with Crippen LogP contribution in [0.15, 0.2) is 12.2 Å². The summed E-state index contributed by atoms with van der Waals surface area (Å²) in [5.41, 5.74) is 0.643. The highest BCUT2D eigenvalue weighted by Crippen LogP contribution is 2.77. The summed E-state index contributed by atoms with van der Waals surface area (Å²) in [6.07, 6.45) is 0.715. The van der Waals surface area contributed by atoms with Crippen LogP contribution in [0.25, 0.3) is 0 Å². The van der Waals surface area contributed by atoms with E-state index in [-0.39, 0.29) is 45.3 Å². The van der Waals surface area contributed by atoms with Gasteiger partial charge in [0.2, 0.25) is 0 Å². The van der Waals surface area contributed by atoms with Gasteiger partial charge in [-0.3, -0.25) is 19.2 Å². The van der Waals surface area contributed by atoms with Crippen molar-refractivity contribution in [2.75, 3.05) is 0 Å². The fourth-order valence-electron chi connectivity index (χ4n) is 14.3. The Morgan fingerprint density at radius 1 is 0.778 bits per heavy atom. The summed E-state index contributed by atoms with van der Waals surface area (Å²) >= 11 is 0. The molecule has 6 rings (SSSR count). The van der Waals surface area contributed by atoms with Gasteiger partial charge in [-0.1, -0.05) is 46.8 Å². The average molecular weight is 757 g/mol. The first-order valence-electron chi connectivity index (χ1n) is 20.3. The molecule has 2 N–H and O–H groups in total. The molecular formula is C43H64O11. The second-order valence-electron chi connectivity index (χ2n) is 19.5. The first-order valence-corrected chi connectivity index (χ1v) is 20.3. The summed E-state index contributed by atoms with van der Waals surface area (Å²) in [6, 6.07) is 0. The van der Waals surface area contributed by atoms with Crippen LogP contribution >= 0.6 is 0 Å². The van der Waals surface area contributed by atoms with Crippen molar-refractivity contribution in [2.24, 2.45) is 56.7 Å². The average Bonchev–Trinajstić information content (AvgIpc) is 3.43. The van der Waals surface area contributed by atoms with Crippen LogP contribution in [0.1, 0.15) is 133 Å². The van der Waals surface area contributed by atoms with Crippen LogP contribution in [0.4, 0.5) is 0 Å². The molecule has 6 aliphatic rings. The molecule has 5 aliphatic carbocycles. The molecule has 5 saturated carbocycles. The maximum atomic E-state index is 13.2. The lowest BCUT2D eigenvalue weighted by Crippen LogP contribution is -2.67. The number of carboxylic acid groups (broad SMARTS) is 1. The number of rotatable bonds is 8. The second kappa shape index (κ2) is 14.0. The molecule has 1 aliphatic heterocycles. The number of carbonyl (C=O) groups excluding carboxylic acids is 4. The highest BCUT2D eigenvalue weighted by atomic mass is 16.7. The van der Waals surface area contributed by atoms with Crippen LogP contribution in [0.2, 0.25) is 0 Å². The van der Waals surface area contributed by atoms with Crippen molar-refractivity contribution in [1.82, 2.24) is 0 Å². The van der Waals surface area contributed by atoms with E-state index in [1.165, 1.54) is 6.92 Å². The van der Waals surface area contributed by atoms with Crippen LogP contribution in [-0.4, -0.2) is 76.5 Å². The van der Waals surface area contributed by atoms with E-state index in [1.54, 1.807) is 0 Å². The fourth-order valence-corrected chi connectivity index (χ4v) is 14.3. The molecule has 0 spiro atoms. The Hall–Kier alpha value is -2.79. The summed E-state index contributed by atoms with van der Waals surface area (Å²) in [7, 11) is 0. The summed E-state index contributed by atoms with van der Waals surface area (Å²) < 4.78 is 22.6. The molecule has 15 atom stereocenters. The van der Waals surface area contributed by atoms with Gasteiger partial charge in [-0.15, -0.1) is 0 Å². The molecule has 11 nitrogen and oxygen atoms in total. The van der Waals surface area contributed by atoms with Gasteiger partial charge in [0, 0.05) is 32.6 Å². The number of esters is 3. The Bertz CT molecular complexity index is 1570. The molecule has 54 heavy (non-hydrogen) atoms. The number of fused-ring (bicyclic) bond motifs is 7. The number of hydrogen-bond donors (Lipinski definition) is 2. The smallest absolute Gasteiger partial charge is 0.336 e. The van der Waals surface area contributed by atoms with Gasteiger partial charge in [0.25, 0.3) is 0 Å². The lowest BCUT2D eigenvalue weighted by molar-refractivity contribution is -0.265. The van der Waals surface area contributed by atoms with Gasteiger partial charge in [-0.2, -0.15) is 0 Å². The number of carbonyl (C=O) groups is 5. The molecular weight excluding hydrogens is 692 g/mol. The van der Waals surface area contributed by atoms with Gasteiger partial charge in [0.05, 0.1) is 6.10 Å². The number of ketones is 1. The van der Waals surface area contributed by atoms with Crippen LogP contribution in [0.5, 0.6) is 0 Å². The van der Waals surface area contributed by atoms with E-state index < -0.39 is 60.5 Å². The van der Waals surface area contributed by atoms with E-state index >= 15 is 0 Å². The first kappa shape index (κ1) is 40.9. The molecule has 6 fully saturated rings. The van der Waals surface area contributed by atoms with Crippen LogP contribution < -0.4 is 0 Å². The van der Waals surface area contributed by atoms with E-state index in [0.29, 0.717) is 30.0 Å². The van der Waals surface area contributed by atoms with Crippen molar-refractivity contribution in [3.05, 3.63) is 12.2 Å². The van der Waals surface area contributed by atoms with Gasteiger partial charge in [0.1, 0.15) is 11.9 Å². The minimum absolute atomic E-state index is 0.0142. The van der Waals surface area contributed by atoms with Crippen molar-refractivity contribution in [1.29, 1.82) is 0 Å². The second-order valence-corrected chi connectivity index (χ2v) is 19.5. The van der Waals surface area contributed by atoms with E-state index in [9.17, 15) is 34.2 Å². The summed E-state index contributed by atoms with van der Waals surface area (Å²) in [4.78, 5) is 62.8. The highest BCUT2D eigenvalue weighted by Gasteiger charge is 2.71. The standard InChI is InChI=1S/C43H64O11/c1-22(2)26-13-18-43(21-28(47)33-34(51-23(3)44)35(52-24(4)45)36(53-25(5)46)37(54-33)38(49)50)20-19-41(9)27(32(26)43)11-12-30-40(8)16-15-31(48)39(6,7)29(40)14-17-42(30,41)10/h26-30,32-37,47H,1,11-21H2,2-10H3,(H,49,50)/t26-,27?,28+,29?,30?,32?,33-,34?,35?,36-,37?,40-,41+,42+,43+/m0/s1. The van der Waals surface area contributed by atoms with E-state index in [0.717, 1.165) is 77.2 Å². The lowest BCUT2D eigenvalue weighted by Gasteiger charge is -2.72. The molecule has 0 amide bonds. The summed E-state index contributed by atoms with van der Waals surface area (Å²) in [5, 5.41) is 22.6. The third-order valence-corrected chi connectivity index (χ3v) is 16.7. The van der Waals surface area contributed by atoms with Crippen LogP contribution in [-0.2, 0) is 42.9 Å². The van der Waals surface area contributed by atoms with Crippen molar-refractivity contribution in [3.63, 3.8) is 0 Å². The van der Waals surface area contributed by atoms with Gasteiger partial charge in [-0.25, -0.2) is 4.79 Å². The zero-order valence-corrected chi connectivity index (χ0v) is 33.9. The zero-order valence-electron chi connectivity index (χ0n) is 33.9. The van der Waals surface area contributed by atoms with Crippen molar-refractivity contribution in [3.8, 4) is 0 Å². The molecule has 0 aromatic rings. The molecule has 1 heterocycles. The number of carboxylic acids is 1. The molecule has 0 radical (unpaired) electrons. The zero-order chi connectivity index (χ0) is 39.9. The molecule has 7 unspecified atom stereocenters. The minimum atomic E-state index is -1.79. The molecule has 11 heteroatoms. The number of ether oxygens (including phenoxy) is 4. The van der Waals surface area contributed by atoms with Gasteiger partial charge >= 0.3 is 23.9 Å². The third-order valence-electron chi connectivity index (χ3n) is 16.7. The number of aliphatic hydroxyl groups is 1. The third kappa shape index (κ3) is 6.26. The Kier molecular flexibility index (Phi) is 10.6.